The zero-order chi connectivity index (χ0) is 46.1. The van der Waals surface area contributed by atoms with Crippen LogP contribution in [0.1, 0.15) is 136 Å². The van der Waals surface area contributed by atoms with Gasteiger partial charge in [0.25, 0.3) is 0 Å². The molecule has 2 aromatic rings. The fourth-order valence-electron chi connectivity index (χ4n) is 6.90. The first-order chi connectivity index (χ1) is 28.1. The van der Waals surface area contributed by atoms with E-state index < -0.39 is 26.7 Å². The minimum Gasteiger partial charge on any atom is -0.477 e. The second-order valence-electron chi connectivity index (χ2n) is 18.8. The lowest BCUT2D eigenvalue weighted by Gasteiger charge is -2.31. The maximum Gasteiger partial charge on any atom is 0.348 e. The zero-order valence-corrected chi connectivity index (χ0v) is 41.2. The monoisotopic (exact) mass is 920 g/mol. The van der Waals surface area contributed by atoms with Gasteiger partial charge in [-0.1, -0.05) is 37.5 Å². The molecule has 16 heteroatoms. The molecule has 2 aliphatic carbocycles. The molecule has 0 aromatic carbocycles. The third-order valence-electron chi connectivity index (χ3n) is 10.6. The molecule has 2 atom stereocenters. The van der Waals surface area contributed by atoms with Crippen LogP contribution in [0.2, 0.25) is 0 Å². The Morgan fingerprint density at radius 2 is 1.03 bits per heavy atom. The van der Waals surface area contributed by atoms with Gasteiger partial charge in [0.05, 0.1) is 21.1 Å². The first-order valence-electron chi connectivity index (χ1n) is 20.9. The van der Waals surface area contributed by atoms with Crippen LogP contribution in [0.3, 0.4) is 0 Å². The van der Waals surface area contributed by atoms with Gasteiger partial charge in [-0.05, 0) is 117 Å². The van der Waals surface area contributed by atoms with Crippen LogP contribution in [-0.4, -0.2) is 84.7 Å². The summed E-state index contributed by atoms with van der Waals surface area (Å²) in [4.78, 5) is 64.7. The second-order valence-corrected chi connectivity index (χ2v) is 26.3. The lowest BCUT2D eigenvalue weighted by molar-refractivity contribution is -0.124. The van der Waals surface area contributed by atoms with Crippen molar-refractivity contribution in [1.82, 2.24) is 0 Å². The molecule has 61 heavy (non-hydrogen) atoms. The van der Waals surface area contributed by atoms with Gasteiger partial charge in [0, 0.05) is 68.5 Å². The highest BCUT2D eigenvalue weighted by Crippen LogP contribution is 2.43. The number of carbonyl (C=O) groups excluding carboxylic acids is 2. The molecule has 0 saturated heterocycles. The minimum absolute atomic E-state index is 0.0122. The van der Waals surface area contributed by atoms with E-state index in [2.05, 4.69) is 37.5 Å². The summed E-state index contributed by atoms with van der Waals surface area (Å²) in [7, 11) is -4.84. The van der Waals surface area contributed by atoms with Crippen molar-refractivity contribution in [3.63, 3.8) is 0 Å². The van der Waals surface area contributed by atoms with Crippen molar-refractivity contribution in [3.8, 4) is 23.7 Å². The molecule has 2 unspecified atom stereocenters. The highest BCUT2D eigenvalue weighted by molar-refractivity contribution is 7.58. The number of aromatic carboxylic acids is 2. The third kappa shape index (κ3) is 17.1. The van der Waals surface area contributed by atoms with E-state index in [1.807, 2.05) is 41.5 Å². The number of hydrogen-bond donors (Lipinski definition) is 3. The SMILES string of the molecule is CC1CCC(C(=O)N(CCP(C)(=O)O)c2cc(C#CC(C)(C)C)sc2C(=O)O)CC1.COP(C)(=O)CCN(C(=O)C1CCC(C)CC1)c1cc(C#CC(C)(C)C)sc1C(=O)O. The van der Waals surface area contributed by atoms with E-state index in [9.17, 15) is 43.4 Å². The molecule has 2 saturated carbocycles. The number of carboxylic acids is 2. The van der Waals surface area contributed by atoms with Gasteiger partial charge in [-0.25, -0.2) is 9.59 Å². The average molecular weight is 921 g/mol. The van der Waals surface area contributed by atoms with Crippen molar-refractivity contribution in [3.05, 3.63) is 31.6 Å². The van der Waals surface area contributed by atoms with Crippen LogP contribution in [0.15, 0.2) is 12.1 Å². The standard InChI is InChI=1S/C23H34NO5PS.C22H32NO5PS/c1-16-7-9-17(10-8-16)21(25)24(13-14-30(6,28)29-5)19-15-18(11-12-23(2,3)4)31-20(19)22(26)27;1-15-6-8-16(9-7-15)20(24)23(12-13-29(5,27)28)18-14-17(10-11-22(2,3)4)30-19(18)21(25)26/h15-17H,7-10,13-14H2,1-6H3,(H,26,27);14-16H,6-9,12-13H2,1-5H3,(H,25,26)(H,27,28). The van der Waals surface area contributed by atoms with Crippen LogP contribution in [0.25, 0.3) is 0 Å². The number of rotatable bonds is 13. The summed E-state index contributed by atoms with van der Waals surface area (Å²) >= 11 is 2.11. The van der Waals surface area contributed by atoms with Crippen LogP contribution in [0.4, 0.5) is 11.4 Å². The normalized spacial score (nSPS) is 21.1. The first kappa shape index (κ1) is 52.1. The van der Waals surface area contributed by atoms with Crippen molar-refractivity contribution in [2.45, 2.75) is 107 Å². The fraction of sp³-hybridized carbons (Fsp3) is 0.644. The van der Waals surface area contributed by atoms with Crippen molar-refractivity contribution in [2.75, 3.05) is 55.7 Å². The summed E-state index contributed by atoms with van der Waals surface area (Å²) in [5.74, 6) is 10.6. The molecule has 338 valence electrons. The molecule has 4 rings (SSSR count). The summed E-state index contributed by atoms with van der Waals surface area (Å²) in [6, 6.07) is 3.32. The number of amides is 2. The van der Waals surface area contributed by atoms with Crippen LogP contribution in [0.5, 0.6) is 0 Å². The van der Waals surface area contributed by atoms with Gasteiger partial charge in [-0.2, -0.15) is 0 Å². The lowest BCUT2D eigenvalue weighted by Crippen LogP contribution is -2.40. The molecule has 0 spiro atoms. The quantitative estimate of drug-likeness (QED) is 0.129. The Morgan fingerprint density at radius 1 is 0.689 bits per heavy atom. The number of anilines is 2. The molecule has 12 nitrogen and oxygen atoms in total. The van der Waals surface area contributed by atoms with Crippen LogP contribution in [0, 0.1) is 58.2 Å². The topological polar surface area (TPSA) is 179 Å². The Labute approximate surface area is 371 Å². The summed E-state index contributed by atoms with van der Waals surface area (Å²) in [6.45, 7) is 19.1. The average Bonchev–Trinajstić information content (AvgIpc) is 3.78. The molecule has 2 amide bonds. The predicted molar refractivity (Wildman–Crippen MR) is 248 cm³/mol. The van der Waals surface area contributed by atoms with Gasteiger partial charge in [0.15, 0.2) is 7.37 Å². The van der Waals surface area contributed by atoms with E-state index in [-0.39, 0.29) is 75.3 Å². The number of nitrogens with zero attached hydrogens (tertiary/aromatic N) is 2. The molecule has 2 fully saturated rings. The van der Waals surface area contributed by atoms with Crippen LogP contribution in [-0.2, 0) is 23.2 Å². The van der Waals surface area contributed by atoms with Gasteiger partial charge in [0.2, 0.25) is 19.2 Å². The molecular formula is C45H66N2O10P2S2. The Balaban J connectivity index is 0.000000325. The molecule has 3 N–H and O–H groups in total. The minimum atomic E-state index is -3.36. The van der Waals surface area contributed by atoms with Crippen molar-refractivity contribution < 1.29 is 47.9 Å². The van der Waals surface area contributed by atoms with Gasteiger partial charge in [-0.3, -0.25) is 18.7 Å². The molecule has 2 aromatic heterocycles. The van der Waals surface area contributed by atoms with Gasteiger partial charge in [-0.15, -0.1) is 22.7 Å². The molecule has 2 aliphatic rings. The smallest absolute Gasteiger partial charge is 0.348 e. The number of carboxylic acid groups (broad SMARTS) is 2. The van der Waals surface area contributed by atoms with E-state index in [4.69, 9.17) is 4.52 Å². The summed E-state index contributed by atoms with van der Waals surface area (Å²) in [6.07, 6.45) is 7.02. The molecule has 0 aliphatic heterocycles. The van der Waals surface area contributed by atoms with E-state index >= 15 is 0 Å². The Hall–Kier alpha value is -3.22. The van der Waals surface area contributed by atoms with E-state index in [0.29, 0.717) is 27.3 Å². The summed E-state index contributed by atoms with van der Waals surface area (Å²) in [5, 5.41) is 19.5. The van der Waals surface area contributed by atoms with Crippen molar-refractivity contribution in [2.24, 2.45) is 34.5 Å². The van der Waals surface area contributed by atoms with Crippen LogP contribution < -0.4 is 9.80 Å². The fourth-order valence-corrected chi connectivity index (χ4v) is 9.93. The van der Waals surface area contributed by atoms with Gasteiger partial charge < -0.3 is 29.4 Å². The highest BCUT2D eigenvalue weighted by Gasteiger charge is 2.35. The molecule has 2 heterocycles. The molecule has 0 bridgehead atoms. The first-order valence-corrected chi connectivity index (χ1v) is 27.1. The van der Waals surface area contributed by atoms with E-state index in [1.165, 1.54) is 30.2 Å². The second kappa shape index (κ2) is 21.9. The Bertz CT molecular complexity index is 2100. The van der Waals surface area contributed by atoms with E-state index in [1.54, 1.807) is 12.1 Å². The van der Waals surface area contributed by atoms with E-state index in [0.717, 1.165) is 74.0 Å². The predicted octanol–water partition coefficient (Wildman–Crippen LogP) is 10.5. The maximum absolute atomic E-state index is 13.5. The Morgan fingerprint density at radius 3 is 1.33 bits per heavy atom. The number of carbonyl (C=O) groups is 4. The van der Waals surface area contributed by atoms with Gasteiger partial charge >= 0.3 is 11.9 Å². The van der Waals surface area contributed by atoms with Gasteiger partial charge in [0.1, 0.15) is 9.75 Å². The molecular weight excluding hydrogens is 855 g/mol. The summed E-state index contributed by atoms with van der Waals surface area (Å²) < 4.78 is 29.5. The number of hydrogen-bond acceptors (Lipinski definition) is 9. The lowest BCUT2D eigenvalue weighted by atomic mass is 9.82. The van der Waals surface area contributed by atoms with Crippen molar-refractivity contribution >= 4 is 72.5 Å². The third-order valence-corrected chi connectivity index (χ3v) is 15.5. The van der Waals surface area contributed by atoms with Crippen molar-refractivity contribution in [1.29, 1.82) is 0 Å². The Kier molecular flexibility index (Phi) is 18.7. The van der Waals surface area contributed by atoms with Crippen LogP contribution >= 0.6 is 37.4 Å². The highest BCUT2D eigenvalue weighted by atomic mass is 32.1. The largest absolute Gasteiger partial charge is 0.477 e. The number of thiophene rings is 2. The summed E-state index contributed by atoms with van der Waals surface area (Å²) in [5.41, 5.74) is 0.154. The zero-order valence-electron chi connectivity index (χ0n) is 37.8. The maximum atomic E-state index is 13.5. The molecule has 0 radical (unpaired) electrons.